The number of benzene rings is 2. The highest BCUT2D eigenvalue weighted by molar-refractivity contribution is 9.10. The summed E-state index contributed by atoms with van der Waals surface area (Å²) in [4.78, 5) is 13.1. The Labute approximate surface area is 171 Å². The van der Waals surface area contributed by atoms with Gasteiger partial charge in [-0.3, -0.25) is 4.79 Å². The van der Waals surface area contributed by atoms with Crippen molar-refractivity contribution in [3.8, 4) is 0 Å². The van der Waals surface area contributed by atoms with E-state index in [1.165, 1.54) is 0 Å². The number of aryl methyl sites for hydroxylation is 1. The van der Waals surface area contributed by atoms with Gasteiger partial charge in [-0.05, 0) is 61.5 Å². The third-order valence-electron chi connectivity index (χ3n) is 4.14. The number of carbonyl (C=O) groups excluding carboxylic acids is 1. The summed E-state index contributed by atoms with van der Waals surface area (Å²) in [5.41, 5.74) is 3.86. The van der Waals surface area contributed by atoms with Crippen molar-refractivity contribution in [3.05, 3.63) is 74.4 Å². The molecular weight excluding hydrogens is 434 g/mol. The van der Waals surface area contributed by atoms with E-state index in [2.05, 4.69) is 31.9 Å². The van der Waals surface area contributed by atoms with Gasteiger partial charge in [-0.15, -0.1) is 0 Å². The third-order valence-corrected chi connectivity index (χ3v) is 5.09. The number of nitrogens with one attached hydrogen (secondary N) is 3. The van der Waals surface area contributed by atoms with Crippen molar-refractivity contribution < 1.29 is 4.79 Å². The molecule has 4 nitrogen and oxygen atoms in total. The molecule has 3 rings (SSSR count). The Hall–Kier alpha value is -1.89. The fourth-order valence-electron chi connectivity index (χ4n) is 2.85. The van der Waals surface area contributed by atoms with E-state index in [1.807, 2.05) is 44.2 Å². The fourth-order valence-corrected chi connectivity index (χ4v) is 3.71. The smallest absolute Gasteiger partial charge is 0.255 e. The van der Waals surface area contributed by atoms with Crippen molar-refractivity contribution in [3.63, 3.8) is 0 Å². The summed E-state index contributed by atoms with van der Waals surface area (Å²) in [6.45, 7) is 3.77. The summed E-state index contributed by atoms with van der Waals surface area (Å²) in [5, 5.41) is 10.2. The van der Waals surface area contributed by atoms with Gasteiger partial charge in [0.1, 0.15) is 0 Å². The molecule has 134 valence electrons. The SMILES string of the molecule is CC1=C(C(=O)Nc2cc(Cl)ccc2C)C(c2cccc(Br)c2)NC(=S)N1. The predicted molar refractivity (Wildman–Crippen MR) is 113 cm³/mol. The average molecular weight is 451 g/mol. The van der Waals surface area contributed by atoms with Crippen molar-refractivity contribution >= 4 is 56.5 Å². The molecule has 0 saturated heterocycles. The lowest BCUT2D eigenvalue weighted by molar-refractivity contribution is -0.113. The first-order valence-corrected chi connectivity index (χ1v) is 9.54. The first-order chi connectivity index (χ1) is 12.3. The predicted octanol–water partition coefficient (Wildman–Crippen LogP) is 4.84. The zero-order chi connectivity index (χ0) is 18.8. The van der Waals surface area contributed by atoms with E-state index in [0.29, 0.717) is 21.4 Å². The molecule has 1 aliphatic heterocycles. The maximum Gasteiger partial charge on any atom is 0.255 e. The van der Waals surface area contributed by atoms with Crippen LogP contribution < -0.4 is 16.0 Å². The number of hydrogen-bond donors (Lipinski definition) is 3. The molecule has 1 amide bonds. The molecule has 2 aromatic carbocycles. The molecule has 0 fully saturated rings. The summed E-state index contributed by atoms with van der Waals surface area (Å²) < 4.78 is 0.935. The standard InChI is InChI=1S/C19H17BrClN3OS/c1-10-6-7-14(21)9-15(10)23-18(25)16-11(2)22-19(26)24-17(16)12-4-3-5-13(20)8-12/h3-9,17H,1-2H3,(H,23,25)(H2,22,24,26). The van der Waals surface area contributed by atoms with Crippen LogP contribution in [0, 0.1) is 6.92 Å². The first kappa shape index (κ1) is 18.9. The molecule has 26 heavy (non-hydrogen) atoms. The number of carbonyl (C=O) groups is 1. The molecule has 0 spiro atoms. The maximum absolute atomic E-state index is 13.1. The van der Waals surface area contributed by atoms with Gasteiger partial charge in [-0.2, -0.15) is 0 Å². The van der Waals surface area contributed by atoms with Crippen LogP contribution in [-0.2, 0) is 4.79 Å². The van der Waals surface area contributed by atoms with Crippen molar-refractivity contribution in [2.45, 2.75) is 19.9 Å². The molecule has 0 aliphatic carbocycles. The van der Waals surface area contributed by atoms with E-state index < -0.39 is 0 Å². The molecule has 0 aromatic heterocycles. The van der Waals surface area contributed by atoms with Gasteiger partial charge in [0.05, 0.1) is 11.6 Å². The minimum Gasteiger partial charge on any atom is -0.351 e. The number of amides is 1. The van der Waals surface area contributed by atoms with Gasteiger partial charge in [-0.1, -0.05) is 45.7 Å². The Morgan fingerprint density at radius 1 is 1.23 bits per heavy atom. The molecule has 7 heteroatoms. The number of allylic oxidation sites excluding steroid dienone is 1. The number of rotatable bonds is 3. The fraction of sp³-hybridized carbons (Fsp3) is 0.158. The number of anilines is 1. The van der Waals surface area contributed by atoms with Crippen LogP contribution in [0.2, 0.25) is 5.02 Å². The number of thiocarbonyl (C=S) groups is 1. The van der Waals surface area contributed by atoms with E-state index in [0.717, 1.165) is 21.3 Å². The van der Waals surface area contributed by atoms with Crippen LogP contribution in [0.25, 0.3) is 0 Å². The highest BCUT2D eigenvalue weighted by Crippen LogP contribution is 2.30. The minimum absolute atomic E-state index is 0.208. The van der Waals surface area contributed by atoms with Gasteiger partial charge in [0.2, 0.25) is 0 Å². The normalized spacial score (nSPS) is 16.8. The quantitative estimate of drug-likeness (QED) is 0.586. The highest BCUT2D eigenvalue weighted by Gasteiger charge is 2.30. The Balaban J connectivity index is 1.98. The van der Waals surface area contributed by atoms with Crippen LogP contribution in [-0.4, -0.2) is 11.0 Å². The highest BCUT2D eigenvalue weighted by atomic mass is 79.9. The van der Waals surface area contributed by atoms with Crippen molar-refractivity contribution in [1.29, 1.82) is 0 Å². The van der Waals surface area contributed by atoms with Crippen molar-refractivity contribution in [2.24, 2.45) is 0 Å². The monoisotopic (exact) mass is 449 g/mol. The summed E-state index contributed by atoms with van der Waals surface area (Å²) in [5.74, 6) is -0.208. The van der Waals surface area contributed by atoms with Gasteiger partial charge in [0, 0.05) is 20.9 Å². The van der Waals surface area contributed by atoms with Gasteiger partial charge in [0.15, 0.2) is 5.11 Å². The molecule has 1 unspecified atom stereocenters. The molecule has 0 saturated carbocycles. The Kier molecular flexibility index (Phi) is 5.65. The number of halogens is 2. The van der Waals surface area contributed by atoms with Crippen molar-refractivity contribution in [2.75, 3.05) is 5.32 Å². The molecule has 1 aliphatic rings. The lowest BCUT2D eigenvalue weighted by Gasteiger charge is -2.30. The number of hydrogen-bond acceptors (Lipinski definition) is 2. The van der Waals surface area contributed by atoms with Crippen LogP contribution in [0.15, 0.2) is 58.2 Å². The second kappa shape index (κ2) is 7.78. The minimum atomic E-state index is -0.347. The van der Waals surface area contributed by atoms with Gasteiger partial charge in [-0.25, -0.2) is 0 Å². The van der Waals surface area contributed by atoms with E-state index in [4.69, 9.17) is 23.8 Å². The van der Waals surface area contributed by atoms with Crippen LogP contribution in [0.3, 0.4) is 0 Å². The van der Waals surface area contributed by atoms with Gasteiger partial charge in [0.25, 0.3) is 5.91 Å². The van der Waals surface area contributed by atoms with Crippen LogP contribution in [0.4, 0.5) is 5.69 Å². The Morgan fingerprint density at radius 2 is 2.00 bits per heavy atom. The van der Waals surface area contributed by atoms with E-state index in [1.54, 1.807) is 12.1 Å². The van der Waals surface area contributed by atoms with Crippen LogP contribution >= 0.6 is 39.7 Å². The lowest BCUT2D eigenvalue weighted by atomic mass is 9.95. The zero-order valence-corrected chi connectivity index (χ0v) is 17.3. The molecule has 0 radical (unpaired) electrons. The van der Waals surface area contributed by atoms with Crippen LogP contribution in [0.1, 0.15) is 24.1 Å². The molecule has 3 N–H and O–H groups in total. The second-order valence-corrected chi connectivity index (χ2v) is 7.80. The molecule has 1 heterocycles. The summed E-state index contributed by atoms with van der Waals surface area (Å²) >= 11 is 14.8. The average Bonchev–Trinajstić information content (AvgIpc) is 2.57. The maximum atomic E-state index is 13.1. The first-order valence-electron chi connectivity index (χ1n) is 7.96. The van der Waals surface area contributed by atoms with Crippen molar-refractivity contribution in [1.82, 2.24) is 10.6 Å². The third kappa shape index (κ3) is 4.09. The van der Waals surface area contributed by atoms with E-state index in [-0.39, 0.29) is 11.9 Å². The Morgan fingerprint density at radius 3 is 2.73 bits per heavy atom. The summed E-state index contributed by atoms with van der Waals surface area (Å²) in [6.07, 6.45) is 0. The summed E-state index contributed by atoms with van der Waals surface area (Å²) in [6, 6.07) is 12.9. The zero-order valence-electron chi connectivity index (χ0n) is 14.2. The second-order valence-electron chi connectivity index (χ2n) is 6.04. The topological polar surface area (TPSA) is 53.2 Å². The largest absolute Gasteiger partial charge is 0.351 e. The molecular formula is C19H17BrClN3OS. The van der Waals surface area contributed by atoms with E-state index >= 15 is 0 Å². The Bertz CT molecular complexity index is 929. The molecule has 0 bridgehead atoms. The van der Waals surface area contributed by atoms with Gasteiger partial charge >= 0.3 is 0 Å². The van der Waals surface area contributed by atoms with Gasteiger partial charge < -0.3 is 16.0 Å². The molecule has 1 atom stereocenters. The lowest BCUT2D eigenvalue weighted by Crippen LogP contribution is -2.45. The summed E-state index contributed by atoms with van der Waals surface area (Å²) in [7, 11) is 0. The van der Waals surface area contributed by atoms with Crippen LogP contribution in [0.5, 0.6) is 0 Å². The van der Waals surface area contributed by atoms with E-state index in [9.17, 15) is 4.79 Å². The molecule has 2 aromatic rings.